The zero-order valence-corrected chi connectivity index (χ0v) is 16.5. The fourth-order valence-corrected chi connectivity index (χ4v) is 4.87. The molecule has 162 valence electrons. The van der Waals surface area contributed by atoms with E-state index in [1.165, 1.54) is 28.6 Å². The van der Waals surface area contributed by atoms with Crippen LogP contribution < -0.4 is 10.6 Å². The number of halogens is 3. The Morgan fingerprint density at radius 3 is 2.07 bits per heavy atom. The van der Waals surface area contributed by atoms with Gasteiger partial charge in [-0.15, -0.1) is 0 Å². The Morgan fingerprint density at radius 1 is 1.03 bits per heavy atom. The maximum atomic E-state index is 12.7. The summed E-state index contributed by atoms with van der Waals surface area (Å²) in [7, 11) is -3.76. The average Bonchev–Trinajstić information content (AvgIpc) is 3.18. The normalized spacial score (nSPS) is 17.7. The van der Waals surface area contributed by atoms with Gasteiger partial charge in [0, 0.05) is 24.0 Å². The van der Waals surface area contributed by atoms with Crippen molar-refractivity contribution in [3.8, 4) is 0 Å². The third kappa shape index (κ3) is 4.91. The Bertz CT molecular complexity index is 993. The molecule has 1 unspecified atom stereocenters. The van der Waals surface area contributed by atoms with E-state index in [-0.39, 0.29) is 17.2 Å². The van der Waals surface area contributed by atoms with Gasteiger partial charge in [-0.05, 0) is 61.4 Å². The van der Waals surface area contributed by atoms with Crippen LogP contribution in [0, 0.1) is 0 Å². The van der Waals surface area contributed by atoms with Gasteiger partial charge in [0.05, 0.1) is 17.1 Å². The van der Waals surface area contributed by atoms with Crippen molar-refractivity contribution in [3.05, 3.63) is 54.1 Å². The summed E-state index contributed by atoms with van der Waals surface area (Å²) in [6, 6.07) is 8.34. The van der Waals surface area contributed by atoms with Gasteiger partial charge in [-0.2, -0.15) is 17.5 Å². The number of rotatable bonds is 5. The Kier molecular flexibility index (Phi) is 6.34. The molecule has 0 aliphatic carbocycles. The second kappa shape index (κ2) is 8.62. The molecular weight excluding hydrogens is 423 g/mol. The molecular formula is C19H20F3N3O4S. The lowest BCUT2D eigenvalue weighted by Crippen LogP contribution is -2.37. The zero-order chi connectivity index (χ0) is 21.9. The highest BCUT2D eigenvalue weighted by atomic mass is 32.2. The minimum Gasteiger partial charge on any atom is -0.395 e. The van der Waals surface area contributed by atoms with Gasteiger partial charge in [-0.25, -0.2) is 13.2 Å². The zero-order valence-electron chi connectivity index (χ0n) is 15.7. The number of carbonyl (C=O) groups excluding carboxylic acids is 1. The van der Waals surface area contributed by atoms with Crippen molar-refractivity contribution < 1.29 is 31.5 Å². The van der Waals surface area contributed by atoms with Crippen LogP contribution in [0.5, 0.6) is 0 Å². The van der Waals surface area contributed by atoms with Gasteiger partial charge in [0.1, 0.15) is 0 Å². The van der Waals surface area contributed by atoms with Crippen molar-refractivity contribution in [2.45, 2.75) is 30.0 Å². The van der Waals surface area contributed by atoms with E-state index in [0.717, 1.165) is 24.3 Å². The second-order valence-electron chi connectivity index (χ2n) is 6.77. The highest BCUT2D eigenvalue weighted by Crippen LogP contribution is 2.30. The average molecular weight is 443 g/mol. The van der Waals surface area contributed by atoms with Crippen LogP contribution in [0.3, 0.4) is 0 Å². The van der Waals surface area contributed by atoms with Crippen LogP contribution in [0.1, 0.15) is 18.4 Å². The third-order valence-corrected chi connectivity index (χ3v) is 6.69. The van der Waals surface area contributed by atoms with E-state index >= 15 is 0 Å². The molecule has 0 saturated carbocycles. The number of hydrogen-bond donors (Lipinski definition) is 3. The number of hydrogen-bond acceptors (Lipinski definition) is 4. The molecule has 1 aliphatic heterocycles. The van der Waals surface area contributed by atoms with Crippen molar-refractivity contribution in [1.82, 2.24) is 4.31 Å². The van der Waals surface area contributed by atoms with Crippen molar-refractivity contribution >= 4 is 27.4 Å². The molecule has 0 radical (unpaired) electrons. The molecule has 1 saturated heterocycles. The van der Waals surface area contributed by atoms with E-state index < -0.39 is 33.8 Å². The van der Waals surface area contributed by atoms with Crippen molar-refractivity contribution in [2.75, 3.05) is 23.8 Å². The SMILES string of the molecule is O=C(Nc1ccc(C(F)(F)F)cc1)Nc1ccc(S(=O)(=O)N2CCCC2CO)cc1. The van der Waals surface area contributed by atoms with Gasteiger partial charge >= 0.3 is 12.2 Å². The Labute approximate surface area is 171 Å². The second-order valence-corrected chi connectivity index (χ2v) is 8.66. The first-order valence-corrected chi connectivity index (χ1v) is 10.5. The fraction of sp³-hybridized carbons (Fsp3) is 0.316. The highest BCUT2D eigenvalue weighted by Gasteiger charge is 2.34. The molecule has 1 aliphatic rings. The van der Waals surface area contributed by atoms with Crippen LogP contribution in [-0.4, -0.2) is 43.1 Å². The molecule has 7 nitrogen and oxygen atoms in total. The third-order valence-electron chi connectivity index (χ3n) is 4.72. The lowest BCUT2D eigenvalue weighted by molar-refractivity contribution is -0.137. The minimum atomic E-state index is -4.46. The molecule has 0 bridgehead atoms. The summed E-state index contributed by atoms with van der Waals surface area (Å²) >= 11 is 0. The van der Waals surface area contributed by atoms with Crippen LogP contribution >= 0.6 is 0 Å². The number of aliphatic hydroxyl groups excluding tert-OH is 1. The van der Waals surface area contributed by atoms with Crippen LogP contribution in [0.15, 0.2) is 53.4 Å². The first-order chi connectivity index (χ1) is 14.1. The van der Waals surface area contributed by atoms with Crippen molar-refractivity contribution in [2.24, 2.45) is 0 Å². The molecule has 0 aromatic heterocycles. The van der Waals surface area contributed by atoms with E-state index in [1.807, 2.05) is 0 Å². The number of amides is 2. The summed E-state index contributed by atoms with van der Waals surface area (Å²) < 4.78 is 64.4. The summed E-state index contributed by atoms with van der Waals surface area (Å²) in [5.74, 6) is 0. The van der Waals surface area contributed by atoms with E-state index in [1.54, 1.807) is 0 Å². The van der Waals surface area contributed by atoms with Crippen LogP contribution in [-0.2, 0) is 16.2 Å². The number of anilines is 2. The van der Waals surface area contributed by atoms with Gasteiger partial charge in [-0.3, -0.25) is 0 Å². The Balaban J connectivity index is 1.63. The first-order valence-electron chi connectivity index (χ1n) is 9.09. The molecule has 2 amide bonds. The maximum absolute atomic E-state index is 12.7. The molecule has 2 aromatic rings. The van der Waals surface area contributed by atoms with Gasteiger partial charge in [0.15, 0.2) is 0 Å². The molecule has 1 fully saturated rings. The highest BCUT2D eigenvalue weighted by molar-refractivity contribution is 7.89. The number of urea groups is 1. The standard InChI is InChI=1S/C19H20F3N3O4S/c20-19(21,22)13-3-5-14(6-4-13)23-18(27)24-15-7-9-17(10-8-15)30(28,29)25-11-1-2-16(25)12-26/h3-10,16,26H,1-2,11-12H2,(H2,23,24,27). The quantitative estimate of drug-likeness (QED) is 0.659. The van der Waals surface area contributed by atoms with Crippen LogP contribution in [0.25, 0.3) is 0 Å². The molecule has 3 rings (SSSR count). The predicted octanol–water partition coefficient (Wildman–Crippen LogP) is 3.49. The lowest BCUT2D eigenvalue weighted by Gasteiger charge is -2.22. The topological polar surface area (TPSA) is 98.7 Å². The Morgan fingerprint density at radius 2 is 1.57 bits per heavy atom. The van der Waals surface area contributed by atoms with E-state index in [9.17, 15) is 31.5 Å². The smallest absolute Gasteiger partial charge is 0.395 e. The number of sulfonamides is 1. The summed E-state index contributed by atoms with van der Waals surface area (Å²) in [4.78, 5) is 12.1. The number of carbonyl (C=O) groups is 1. The van der Waals surface area contributed by atoms with Gasteiger partial charge in [0.25, 0.3) is 0 Å². The summed E-state index contributed by atoms with van der Waals surface area (Å²) in [6.07, 6.45) is -3.19. The monoisotopic (exact) mass is 443 g/mol. The molecule has 2 aromatic carbocycles. The summed E-state index contributed by atoms with van der Waals surface area (Å²) in [5.41, 5.74) is -0.353. The summed E-state index contributed by atoms with van der Waals surface area (Å²) in [5, 5.41) is 14.2. The molecule has 11 heteroatoms. The molecule has 30 heavy (non-hydrogen) atoms. The molecule has 1 atom stereocenters. The minimum absolute atomic E-state index is 0.0385. The van der Waals surface area contributed by atoms with Crippen molar-refractivity contribution in [3.63, 3.8) is 0 Å². The van der Waals surface area contributed by atoms with Crippen LogP contribution in [0.2, 0.25) is 0 Å². The van der Waals surface area contributed by atoms with Crippen molar-refractivity contribution in [1.29, 1.82) is 0 Å². The largest absolute Gasteiger partial charge is 0.416 e. The lowest BCUT2D eigenvalue weighted by atomic mass is 10.2. The van der Waals surface area contributed by atoms with Crippen LogP contribution in [0.4, 0.5) is 29.3 Å². The molecule has 1 heterocycles. The number of benzene rings is 2. The molecule has 3 N–H and O–H groups in total. The first kappa shape index (κ1) is 22.1. The van der Waals surface area contributed by atoms with Gasteiger partial charge in [0.2, 0.25) is 10.0 Å². The Hall–Kier alpha value is -2.63. The van der Waals surface area contributed by atoms with Gasteiger partial charge in [-0.1, -0.05) is 0 Å². The van der Waals surface area contributed by atoms with E-state index in [2.05, 4.69) is 10.6 Å². The number of aliphatic hydroxyl groups is 1. The fourth-order valence-electron chi connectivity index (χ4n) is 3.19. The number of alkyl halides is 3. The maximum Gasteiger partial charge on any atom is 0.416 e. The number of nitrogens with zero attached hydrogens (tertiary/aromatic N) is 1. The van der Waals surface area contributed by atoms with E-state index in [4.69, 9.17) is 0 Å². The van der Waals surface area contributed by atoms with Gasteiger partial charge < -0.3 is 15.7 Å². The summed E-state index contributed by atoms with van der Waals surface area (Å²) in [6.45, 7) is 0.0894. The van der Waals surface area contributed by atoms with E-state index in [0.29, 0.717) is 25.1 Å². The number of nitrogens with one attached hydrogen (secondary N) is 2. The molecule has 0 spiro atoms. The predicted molar refractivity (Wildman–Crippen MR) is 105 cm³/mol.